The van der Waals surface area contributed by atoms with Gasteiger partial charge in [0.25, 0.3) is 0 Å². The van der Waals surface area contributed by atoms with E-state index in [1.807, 2.05) is 13.8 Å². The van der Waals surface area contributed by atoms with Gasteiger partial charge in [-0.25, -0.2) is 4.39 Å². The molecule has 3 nitrogen and oxygen atoms in total. The second-order valence-corrected chi connectivity index (χ2v) is 5.31. The van der Waals surface area contributed by atoms with E-state index < -0.39 is 5.54 Å². The number of ketones is 1. The molecule has 0 bridgehead atoms. The molecule has 1 amide bonds. The number of amides is 1. The molecule has 18 heavy (non-hydrogen) atoms. The summed E-state index contributed by atoms with van der Waals surface area (Å²) in [4.78, 5) is 25.2. The predicted molar refractivity (Wildman–Crippen MR) is 65.5 cm³/mol. The summed E-state index contributed by atoms with van der Waals surface area (Å²) in [7, 11) is 0. The Balaban J connectivity index is 2.08. The molecule has 0 aliphatic carbocycles. The number of hydrogen-bond donors (Lipinski definition) is 0. The molecule has 1 heterocycles. The van der Waals surface area contributed by atoms with E-state index in [0.29, 0.717) is 6.42 Å². The summed E-state index contributed by atoms with van der Waals surface area (Å²) in [5.41, 5.74) is 0.352. The fourth-order valence-corrected chi connectivity index (χ4v) is 2.32. The number of Topliss-reactive ketones (excluding diaryl/α,β-unsaturated/α-hetero) is 1. The van der Waals surface area contributed by atoms with Gasteiger partial charge in [-0.2, -0.15) is 0 Å². The molecule has 4 heteroatoms. The maximum Gasteiger partial charge on any atom is 0.227 e. The molecule has 1 aliphatic rings. The number of likely N-dealkylation sites (tertiary alicyclic amines) is 1. The molecule has 1 aliphatic heterocycles. The molecule has 0 spiro atoms. The van der Waals surface area contributed by atoms with E-state index >= 15 is 0 Å². The first-order valence-electron chi connectivity index (χ1n) is 5.95. The lowest BCUT2D eigenvalue weighted by atomic mass is 10.0. The fourth-order valence-electron chi connectivity index (χ4n) is 2.32. The summed E-state index contributed by atoms with van der Waals surface area (Å²) in [6.45, 7) is 3.97. The maximum atomic E-state index is 12.8. The number of carbonyl (C=O) groups excluding carboxylic acids is 2. The van der Waals surface area contributed by atoms with Gasteiger partial charge in [0.2, 0.25) is 5.91 Å². The van der Waals surface area contributed by atoms with Crippen molar-refractivity contribution in [2.24, 2.45) is 0 Å². The van der Waals surface area contributed by atoms with Crippen LogP contribution in [0, 0.1) is 5.82 Å². The molecule has 1 saturated heterocycles. The molecule has 0 saturated carbocycles. The van der Waals surface area contributed by atoms with Gasteiger partial charge in [-0.3, -0.25) is 9.59 Å². The number of halogens is 1. The topological polar surface area (TPSA) is 37.4 Å². The van der Waals surface area contributed by atoms with Crippen molar-refractivity contribution in [3.05, 3.63) is 35.6 Å². The van der Waals surface area contributed by atoms with Crippen LogP contribution in [0.15, 0.2) is 24.3 Å². The quantitative estimate of drug-likeness (QED) is 0.803. The Kier molecular flexibility index (Phi) is 3.20. The lowest BCUT2D eigenvalue weighted by Crippen LogP contribution is -2.43. The van der Waals surface area contributed by atoms with E-state index in [2.05, 4.69) is 0 Å². The molecule has 0 unspecified atom stereocenters. The smallest absolute Gasteiger partial charge is 0.227 e. The van der Waals surface area contributed by atoms with Crippen LogP contribution in [0.2, 0.25) is 0 Å². The predicted octanol–water partition coefficient (Wildman–Crippen LogP) is 1.95. The van der Waals surface area contributed by atoms with Crippen LogP contribution in [0.5, 0.6) is 0 Å². The van der Waals surface area contributed by atoms with Crippen molar-refractivity contribution >= 4 is 11.7 Å². The minimum absolute atomic E-state index is 0.0857. The molecule has 1 aromatic rings. The van der Waals surface area contributed by atoms with E-state index in [1.54, 1.807) is 17.0 Å². The Morgan fingerprint density at radius 3 is 2.44 bits per heavy atom. The summed E-state index contributed by atoms with van der Waals surface area (Å²) in [5, 5.41) is 0. The molecule has 2 rings (SSSR count). The van der Waals surface area contributed by atoms with Crippen LogP contribution >= 0.6 is 0 Å². The number of nitrogens with zero attached hydrogens (tertiary/aromatic N) is 1. The second kappa shape index (κ2) is 4.52. The fraction of sp³-hybridized carbons (Fsp3) is 0.429. The number of carbonyl (C=O) groups is 2. The van der Waals surface area contributed by atoms with E-state index in [1.165, 1.54) is 12.1 Å². The average molecular weight is 249 g/mol. The van der Waals surface area contributed by atoms with Crippen LogP contribution < -0.4 is 0 Å². The van der Waals surface area contributed by atoms with Crippen LogP contribution in [0.3, 0.4) is 0 Å². The van der Waals surface area contributed by atoms with Crippen molar-refractivity contribution in [2.45, 2.75) is 32.2 Å². The third kappa shape index (κ3) is 2.58. The van der Waals surface area contributed by atoms with Gasteiger partial charge in [0.05, 0.1) is 13.0 Å². The van der Waals surface area contributed by atoms with Crippen LogP contribution in [0.4, 0.5) is 4.39 Å². The largest absolute Gasteiger partial charge is 0.330 e. The Morgan fingerprint density at radius 2 is 1.94 bits per heavy atom. The SMILES string of the molecule is CC1(C)CC(=O)CN1C(=O)Cc1ccc(F)cc1. The Morgan fingerprint density at radius 1 is 1.33 bits per heavy atom. The van der Waals surface area contributed by atoms with Gasteiger partial charge in [0, 0.05) is 12.0 Å². The number of hydrogen-bond acceptors (Lipinski definition) is 2. The highest BCUT2D eigenvalue weighted by atomic mass is 19.1. The molecule has 0 aromatic heterocycles. The van der Waals surface area contributed by atoms with E-state index in [4.69, 9.17) is 0 Å². The summed E-state index contributed by atoms with van der Waals surface area (Å²) in [5.74, 6) is -0.312. The van der Waals surface area contributed by atoms with Gasteiger partial charge < -0.3 is 4.90 Å². The maximum absolute atomic E-state index is 12.8. The van der Waals surface area contributed by atoms with Gasteiger partial charge in [-0.15, -0.1) is 0 Å². The minimum atomic E-state index is -0.409. The van der Waals surface area contributed by atoms with Gasteiger partial charge >= 0.3 is 0 Å². The molecule has 0 atom stereocenters. The van der Waals surface area contributed by atoms with Crippen LogP contribution in [-0.4, -0.2) is 28.7 Å². The molecular weight excluding hydrogens is 233 g/mol. The zero-order chi connectivity index (χ0) is 13.3. The van der Waals surface area contributed by atoms with Gasteiger partial charge in [0.1, 0.15) is 5.82 Å². The first-order valence-corrected chi connectivity index (χ1v) is 5.95. The normalized spacial score (nSPS) is 18.2. The monoisotopic (exact) mass is 249 g/mol. The van der Waals surface area contributed by atoms with Crippen LogP contribution in [-0.2, 0) is 16.0 Å². The van der Waals surface area contributed by atoms with Crippen molar-refractivity contribution in [1.29, 1.82) is 0 Å². The van der Waals surface area contributed by atoms with Crippen LogP contribution in [0.25, 0.3) is 0 Å². The van der Waals surface area contributed by atoms with Crippen molar-refractivity contribution < 1.29 is 14.0 Å². The third-order valence-corrected chi connectivity index (χ3v) is 3.26. The van der Waals surface area contributed by atoms with Crippen LogP contribution in [0.1, 0.15) is 25.8 Å². The first-order chi connectivity index (χ1) is 8.38. The van der Waals surface area contributed by atoms with E-state index in [0.717, 1.165) is 5.56 Å². The molecule has 1 fully saturated rings. The minimum Gasteiger partial charge on any atom is -0.330 e. The number of benzene rings is 1. The highest BCUT2D eigenvalue weighted by molar-refractivity contribution is 5.91. The summed E-state index contributed by atoms with van der Waals surface area (Å²) in [6.07, 6.45) is 0.610. The summed E-state index contributed by atoms with van der Waals surface area (Å²) >= 11 is 0. The van der Waals surface area contributed by atoms with Crippen molar-refractivity contribution in [1.82, 2.24) is 4.90 Å². The van der Waals surface area contributed by atoms with Crippen molar-refractivity contribution in [2.75, 3.05) is 6.54 Å². The Bertz CT molecular complexity index is 479. The average Bonchev–Trinajstić information content (AvgIpc) is 2.55. The van der Waals surface area contributed by atoms with Crippen molar-refractivity contribution in [3.8, 4) is 0 Å². The van der Waals surface area contributed by atoms with Gasteiger partial charge in [0.15, 0.2) is 5.78 Å². The molecule has 96 valence electrons. The highest BCUT2D eigenvalue weighted by Crippen LogP contribution is 2.26. The molecule has 1 aromatic carbocycles. The van der Waals surface area contributed by atoms with E-state index in [9.17, 15) is 14.0 Å². The van der Waals surface area contributed by atoms with Crippen molar-refractivity contribution in [3.63, 3.8) is 0 Å². The van der Waals surface area contributed by atoms with Gasteiger partial charge in [-0.05, 0) is 31.5 Å². The lowest BCUT2D eigenvalue weighted by molar-refractivity contribution is -0.134. The Hall–Kier alpha value is -1.71. The van der Waals surface area contributed by atoms with E-state index in [-0.39, 0.29) is 30.5 Å². The van der Waals surface area contributed by atoms with Gasteiger partial charge in [-0.1, -0.05) is 12.1 Å². The molecule has 0 N–H and O–H groups in total. The highest BCUT2D eigenvalue weighted by Gasteiger charge is 2.39. The lowest BCUT2D eigenvalue weighted by Gasteiger charge is -2.30. The zero-order valence-corrected chi connectivity index (χ0v) is 10.6. The molecule has 0 radical (unpaired) electrons. The second-order valence-electron chi connectivity index (χ2n) is 5.31. The third-order valence-electron chi connectivity index (χ3n) is 3.26. The standard InChI is InChI=1S/C14H16FNO2/c1-14(2)8-12(17)9-16(14)13(18)7-10-3-5-11(15)6-4-10/h3-6H,7-9H2,1-2H3. The Labute approximate surface area is 106 Å². The molecular formula is C14H16FNO2. The zero-order valence-electron chi connectivity index (χ0n) is 10.6. The summed E-state index contributed by atoms with van der Waals surface area (Å²) < 4.78 is 12.8. The first kappa shape index (κ1) is 12.7. The summed E-state index contributed by atoms with van der Waals surface area (Å²) in [6, 6.07) is 5.86. The number of rotatable bonds is 2.